The number of aliphatic hydroxyl groups is 1. The number of nitrogens with one attached hydrogen (secondary N) is 2. The Morgan fingerprint density at radius 2 is 2.00 bits per heavy atom. The fourth-order valence-electron chi connectivity index (χ4n) is 3.61. The molecule has 178 valence electrons. The Kier molecular flexibility index (Phi) is 6.59. The zero-order chi connectivity index (χ0) is 23.8. The maximum absolute atomic E-state index is 12.9. The molecule has 3 unspecified atom stereocenters. The Labute approximate surface area is 195 Å². The van der Waals surface area contributed by atoms with E-state index >= 15 is 0 Å². The number of nitrogens with two attached hydrogens (primary N) is 1. The third kappa shape index (κ3) is 5.63. The van der Waals surface area contributed by atoms with E-state index in [0.29, 0.717) is 17.7 Å². The largest absolute Gasteiger partial charge is 0.451 e. The quantitative estimate of drug-likeness (QED) is 0.199. The molecule has 2 aliphatic heterocycles. The van der Waals surface area contributed by atoms with Crippen LogP contribution >= 0.6 is 11.6 Å². The van der Waals surface area contributed by atoms with Crippen LogP contribution in [0.25, 0.3) is 0 Å². The summed E-state index contributed by atoms with van der Waals surface area (Å²) in [4.78, 5) is 21.1. The number of halogens is 1. The molecule has 2 aromatic rings. The Morgan fingerprint density at radius 1 is 1.27 bits per heavy atom. The maximum Gasteiger partial charge on any atom is 0.338 e. The van der Waals surface area contributed by atoms with Gasteiger partial charge in [0.2, 0.25) is 5.95 Å². The highest BCUT2D eigenvalue weighted by Gasteiger charge is 2.53. The summed E-state index contributed by atoms with van der Waals surface area (Å²) in [6.07, 6.45) is -3.19. The second-order valence-electron chi connectivity index (χ2n) is 8.16. The van der Waals surface area contributed by atoms with Crippen molar-refractivity contribution in [3.8, 4) is 0 Å². The average molecular weight is 480 g/mol. The number of rotatable bonds is 7. The van der Waals surface area contributed by atoms with E-state index in [9.17, 15) is 9.90 Å². The summed E-state index contributed by atoms with van der Waals surface area (Å²) >= 11 is 6.20. The number of anilines is 3. The molecule has 2 saturated heterocycles. The van der Waals surface area contributed by atoms with E-state index in [1.54, 1.807) is 37.4 Å². The molecule has 0 spiro atoms. The lowest BCUT2D eigenvalue weighted by Gasteiger charge is -2.35. The Morgan fingerprint density at radius 3 is 2.67 bits per heavy atom. The van der Waals surface area contributed by atoms with E-state index in [-0.39, 0.29) is 23.0 Å². The predicted octanol–water partition coefficient (Wildman–Crippen LogP) is 1.98. The molecular weight excluding hydrogens is 454 g/mol. The molecule has 0 saturated carbocycles. The summed E-state index contributed by atoms with van der Waals surface area (Å²) in [6.45, 7) is 2.99. The first kappa shape index (κ1) is 23.5. The van der Waals surface area contributed by atoms with Crippen molar-refractivity contribution in [1.29, 1.82) is 0 Å². The van der Waals surface area contributed by atoms with Crippen LogP contribution in [-0.4, -0.2) is 64.7 Å². The lowest BCUT2D eigenvalue weighted by Crippen LogP contribution is -2.49. The standard InChI is InChI=1S/C21H26ClN5O6/c1-21(2,29)33-11-9-12-19(30-12)32-17(14(11)31-18(28)10-7-5-4-6-8-10)26-16-13(24-3)15(22)25-20(23)27-16/h4-8,11-12,14,17,19,24,29H,9H2,1-3H3,(H3,23,25,26,27)/t11?,12-,14?,17-,19?/m1/s1. The molecule has 12 heteroatoms. The van der Waals surface area contributed by atoms with Crippen LogP contribution in [0.15, 0.2) is 30.3 Å². The average Bonchev–Trinajstić information content (AvgIpc) is 3.48. The van der Waals surface area contributed by atoms with Crippen LogP contribution in [0.4, 0.5) is 17.5 Å². The third-order valence-corrected chi connectivity index (χ3v) is 5.32. The van der Waals surface area contributed by atoms with E-state index in [4.69, 9.17) is 36.3 Å². The number of hydrogen-bond acceptors (Lipinski definition) is 11. The maximum atomic E-state index is 12.9. The van der Waals surface area contributed by atoms with Crippen LogP contribution in [0.5, 0.6) is 0 Å². The summed E-state index contributed by atoms with van der Waals surface area (Å²) in [6, 6.07) is 8.53. The minimum Gasteiger partial charge on any atom is -0.451 e. The van der Waals surface area contributed by atoms with Gasteiger partial charge in [0.05, 0.1) is 5.56 Å². The molecule has 0 radical (unpaired) electrons. The highest BCUT2D eigenvalue weighted by atomic mass is 35.5. The van der Waals surface area contributed by atoms with Gasteiger partial charge in [-0.25, -0.2) is 4.79 Å². The summed E-state index contributed by atoms with van der Waals surface area (Å²) in [5.41, 5.74) is 6.50. The van der Waals surface area contributed by atoms with E-state index in [1.165, 1.54) is 13.8 Å². The van der Waals surface area contributed by atoms with Crippen LogP contribution in [0.1, 0.15) is 30.6 Å². The molecule has 3 heterocycles. The Hall–Kier alpha value is -2.70. The first-order valence-electron chi connectivity index (χ1n) is 10.4. The van der Waals surface area contributed by atoms with Gasteiger partial charge in [0.15, 0.2) is 35.4 Å². The zero-order valence-electron chi connectivity index (χ0n) is 18.3. The number of epoxide rings is 1. The zero-order valence-corrected chi connectivity index (χ0v) is 19.1. The second-order valence-corrected chi connectivity index (χ2v) is 8.52. The molecular formula is C21H26ClN5O6. The molecule has 0 aliphatic carbocycles. The van der Waals surface area contributed by atoms with Gasteiger partial charge in [0.1, 0.15) is 17.9 Å². The molecule has 4 rings (SSSR count). The monoisotopic (exact) mass is 479 g/mol. The van der Waals surface area contributed by atoms with Crippen molar-refractivity contribution in [3.05, 3.63) is 41.0 Å². The number of hydrogen-bond donors (Lipinski definition) is 4. The van der Waals surface area contributed by atoms with Crippen LogP contribution in [0, 0.1) is 0 Å². The highest BCUT2D eigenvalue weighted by Crippen LogP contribution is 2.39. The number of nitrogens with zero attached hydrogens (tertiary/aromatic N) is 2. The predicted molar refractivity (Wildman–Crippen MR) is 120 cm³/mol. The summed E-state index contributed by atoms with van der Waals surface area (Å²) < 4.78 is 23.3. The van der Waals surface area contributed by atoms with Gasteiger partial charge in [-0.15, -0.1) is 0 Å². The molecule has 5 atom stereocenters. The van der Waals surface area contributed by atoms with Gasteiger partial charge in [-0.3, -0.25) is 0 Å². The van der Waals surface area contributed by atoms with Gasteiger partial charge in [-0.2, -0.15) is 9.97 Å². The number of fused-ring (bicyclic) bond motifs is 1. The molecule has 0 bridgehead atoms. The second kappa shape index (κ2) is 9.27. The van der Waals surface area contributed by atoms with E-state index < -0.39 is 36.5 Å². The number of esters is 1. The smallest absolute Gasteiger partial charge is 0.338 e. The number of aromatic nitrogens is 2. The molecule has 5 N–H and O–H groups in total. The van der Waals surface area contributed by atoms with Crippen molar-refractivity contribution in [1.82, 2.24) is 9.97 Å². The number of ether oxygens (including phenoxy) is 4. The minimum atomic E-state index is -1.50. The van der Waals surface area contributed by atoms with Gasteiger partial charge in [0.25, 0.3) is 0 Å². The molecule has 33 heavy (non-hydrogen) atoms. The van der Waals surface area contributed by atoms with Crippen LogP contribution in [-0.2, 0) is 18.9 Å². The number of benzene rings is 1. The van der Waals surface area contributed by atoms with Crippen LogP contribution < -0.4 is 16.4 Å². The van der Waals surface area contributed by atoms with Crippen molar-refractivity contribution < 1.29 is 28.8 Å². The fraction of sp³-hybridized carbons (Fsp3) is 0.476. The highest BCUT2D eigenvalue weighted by molar-refractivity contribution is 6.32. The van der Waals surface area contributed by atoms with E-state index in [2.05, 4.69) is 20.6 Å². The summed E-state index contributed by atoms with van der Waals surface area (Å²) in [5, 5.41) is 16.4. The Bertz CT molecular complexity index is 1000. The molecule has 1 aromatic carbocycles. The van der Waals surface area contributed by atoms with Gasteiger partial charge in [0, 0.05) is 13.5 Å². The molecule has 2 aliphatic rings. The first-order chi connectivity index (χ1) is 15.6. The van der Waals surface area contributed by atoms with Crippen molar-refractivity contribution in [2.24, 2.45) is 0 Å². The van der Waals surface area contributed by atoms with Gasteiger partial charge in [-0.1, -0.05) is 29.8 Å². The lowest BCUT2D eigenvalue weighted by atomic mass is 10.1. The van der Waals surface area contributed by atoms with Gasteiger partial charge >= 0.3 is 5.97 Å². The van der Waals surface area contributed by atoms with E-state index in [0.717, 1.165) is 0 Å². The molecule has 0 amide bonds. The fourth-order valence-corrected chi connectivity index (χ4v) is 3.88. The molecule has 11 nitrogen and oxygen atoms in total. The number of carbonyl (C=O) groups is 1. The number of nitrogen functional groups attached to an aromatic ring is 1. The van der Waals surface area contributed by atoms with Crippen molar-refractivity contribution in [2.45, 2.75) is 56.9 Å². The molecule has 2 fully saturated rings. The summed E-state index contributed by atoms with van der Waals surface area (Å²) in [5.74, 6) is -1.90. The first-order valence-corrected chi connectivity index (χ1v) is 10.8. The van der Waals surface area contributed by atoms with Crippen molar-refractivity contribution in [2.75, 3.05) is 23.4 Å². The minimum absolute atomic E-state index is 0.0576. The lowest BCUT2D eigenvalue weighted by molar-refractivity contribution is -0.236. The van der Waals surface area contributed by atoms with Gasteiger partial charge < -0.3 is 40.4 Å². The third-order valence-electron chi connectivity index (χ3n) is 5.05. The van der Waals surface area contributed by atoms with Crippen LogP contribution in [0.2, 0.25) is 5.15 Å². The molecule has 1 aromatic heterocycles. The summed E-state index contributed by atoms with van der Waals surface area (Å²) in [7, 11) is 1.65. The van der Waals surface area contributed by atoms with E-state index in [1.807, 2.05) is 0 Å². The Balaban J connectivity index is 1.68. The van der Waals surface area contributed by atoms with Crippen LogP contribution in [0.3, 0.4) is 0 Å². The topological polar surface area (TPSA) is 153 Å². The van der Waals surface area contributed by atoms with Crippen molar-refractivity contribution >= 4 is 35.0 Å². The van der Waals surface area contributed by atoms with Gasteiger partial charge in [-0.05, 0) is 26.0 Å². The SMILES string of the molecule is CNc1c(Cl)nc(N)nc1N[C@@H]1OC2O[C@@H]2CC(OC(C)(C)O)C1OC(=O)c1ccccc1. The number of carbonyl (C=O) groups excluding carboxylic acids is 1. The normalized spacial score (nSPS) is 26.6. The van der Waals surface area contributed by atoms with Crippen molar-refractivity contribution in [3.63, 3.8) is 0 Å².